The van der Waals surface area contributed by atoms with Crippen LogP contribution in [0.5, 0.6) is 0 Å². The second-order valence-electron chi connectivity index (χ2n) is 8.49. The summed E-state index contributed by atoms with van der Waals surface area (Å²) in [6, 6.07) is 0.731. The Morgan fingerprint density at radius 3 is 2.38 bits per heavy atom. The van der Waals surface area contributed by atoms with Gasteiger partial charge in [0.25, 0.3) is 0 Å². The first kappa shape index (κ1) is 31.8. The Bertz CT molecular complexity index is 747. The van der Waals surface area contributed by atoms with E-state index in [9.17, 15) is 19.8 Å². The molecule has 1 aliphatic rings. The predicted molar refractivity (Wildman–Crippen MR) is 138 cm³/mol. The van der Waals surface area contributed by atoms with E-state index >= 15 is 0 Å². The standard InChI is InChI=1S/C22H36N4O4.2C2H6/c1-6-26-19(9-10-23-26)15(4)7-8-17(13-27)24-21(29)20-11-18(28)12-25(20)22(30)16(5)14(2)3;2*1-2/h9-10,14,16-18,20,27-28H,4,6-8,11-13H2,1-3,5H3,(H,24,29);2*1-2H3. The Hall–Kier alpha value is -2.19. The average Bonchev–Trinajstić information content (AvgIpc) is 3.49. The van der Waals surface area contributed by atoms with Crippen molar-refractivity contribution in [3.8, 4) is 0 Å². The quantitative estimate of drug-likeness (QED) is 0.475. The number of carbonyl (C=O) groups is 2. The lowest BCUT2D eigenvalue weighted by molar-refractivity contribution is -0.142. The normalized spacial score (nSPS) is 18.9. The summed E-state index contributed by atoms with van der Waals surface area (Å²) in [6.45, 7) is 20.6. The fourth-order valence-corrected chi connectivity index (χ4v) is 3.72. The van der Waals surface area contributed by atoms with Crippen molar-refractivity contribution in [3.63, 3.8) is 0 Å². The Balaban J connectivity index is 0.00000258. The number of hydrogen-bond donors (Lipinski definition) is 3. The van der Waals surface area contributed by atoms with E-state index in [0.717, 1.165) is 17.8 Å². The topological polar surface area (TPSA) is 108 Å². The molecular formula is C26H48N4O4. The molecule has 8 heteroatoms. The highest BCUT2D eigenvalue weighted by Gasteiger charge is 2.41. The molecule has 4 unspecified atom stereocenters. The first-order valence-corrected chi connectivity index (χ1v) is 12.8. The van der Waals surface area contributed by atoms with Crippen molar-refractivity contribution in [3.05, 3.63) is 24.5 Å². The fourth-order valence-electron chi connectivity index (χ4n) is 3.72. The second-order valence-corrected chi connectivity index (χ2v) is 8.49. The van der Waals surface area contributed by atoms with E-state index in [2.05, 4.69) is 17.0 Å². The van der Waals surface area contributed by atoms with E-state index in [-0.39, 0.29) is 43.2 Å². The highest BCUT2D eigenvalue weighted by Crippen LogP contribution is 2.24. The van der Waals surface area contributed by atoms with Crippen LogP contribution in [0.2, 0.25) is 0 Å². The van der Waals surface area contributed by atoms with Gasteiger partial charge in [-0.1, -0.05) is 55.0 Å². The maximum absolute atomic E-state index is 12.9. The number of aliphatic hydroxyl groups is 2. The van der Waals surface area contributed by atoms with E-state index in [1.54, 1.807) is 6.20 Å². The molecular weight excluding hydrogens is 432 g/mol. The van der Waals surface area contributed by atoms with Crippen LogP contribution in [0, 0.1) is 11.8 Å². The number of carbonyl (C=O) groups excluding carboxylic acids is 2. The molecule has 34 heavy (non-hydrogen) atoms. The molecule has 1 aromatic rings. The Kier molecular flexibility index (Phi) is 15.4. The predicted octanol–water partition coefficient (Wildman–Crippen LogP) is 3.48. The van der Waals surface area contributed by atoms with Crippen molar-refractivity contribution in [2.75, 3.05) is 13.2 Å². The number of nitrogens with one attached hydrogen (secondary N) is 1. The highest BCUT2D eigenvalue weighted by atomic mass is 16.3. The van der Waals surface area contributed by atoms with Gasteiger partial charge in [-0.3, -0.25) is 14.3 Å². The summed E-state index contributed by atoms with van der Waals surface area (Å²) >= 11 is 0. The van der Waals surface area contributed by atoms with Gasteiger partial charge < -0.3 is 20.4 Å². The Labute approximate surface area is 206 Å². The summed E-state index contributed by atoms with van der Waals surface area (Å²) in [5, 5.41) is 26.9. The third-order valence-electron chi connectivity index (χ3n) is 5.99. The largest absolute Gasteiger partial charge is 0.394 e. The zero-order valence-electron chi connectivity index (χ0n) is 22.5. The second kappa shape index (κ2) is 16.4. The van der Waals surface area contributed by atoms with E-state index in [0.29, 0.717) is 12.8 Å². The Morgan fingerprint density at radius 2 is 1.85 bits per heavy atom. The minimum absolute atomic E-state index is 0.122. The van der Waals surface area contributed by atoms with E-state index in [1.807, 2.05) is 66.1 Å². The molecule has 0 spiro atoms. The molecule has 8 nitrogen and oxygen atoms in total. The van der Waals surface area contributed by atoms with Gasteiger partial charge in [0.1, 0.15) is 6.04 Å². The minimum Gasteiger partial charge on any atom is -0.394 e. The summed E-state index contributed by atoms with van der Waals surface area (Å²) in [4.78, 5) is 27.1. The molecule has 1 saturated heterocycles. The van der Waals surface area contributed by atoms with Gasteiger partial charge in [-0.2, -0.15) is 5.10 Å². The number of aryl methyl sites for hydroxylation is 1. The number of nitrogens with zero attached hydrogens (tertiary/aromatic N) is 3. The van der Waals surface area contributed by atoms with Crippen LogP contribution >= 0.6 is 0 Å². The van der Waals surface area contributed by atoms with Gasteiger partial charge in [0.05, 0.1) is 24.4 Å². The SMILES string of the molecule is C=C(CCC(CO)NC(=O)C1CC(O)CN1C(=O)C(C)C(C)C)c1ccnn1CC.CC.CC. The van der Waals surface area contributed by atoms with E-state index < -0.39 is 18.2 Å². The number of aromatic nitrogens is 2. The number of aliphatic hydroxyl groups excluding tert-OH is 2. The van der Waals surface area contributed by atoms with Gasteiger partial charge in [0, 0.05) is 31.6 Å². The summed E-state index contributed by atoms with van der Waals surface area (Å²) < 4.78 is 1.86. The average molecular weight is 481 g/mol. The summed E-state index contributed by atoms with van der Waals surface area (Å²) in [5.41, 5.74) is 1.83. The molecule has 1 aromatic heterocycles. The third-order valence-corrected chi connectivity index (χ3v) is 5.99. The number of allylic oxidation sites excluding steroid dienone is 1. The zero-order chi connectivity index (χ0) is 26.4. The molecule has 196 valence electrons. The van der Waals surface area contributed by atoms with Gasteiger partial charge >= 0.3 is 0 Å². The number of β-amino-alcohol motifs (C(OH)–C–C–N with tert-alkyl or cyclic N) is 1. The molecule has 3 N–H and O–H groups in total. The van der Waals surface area contributed by atoms with Crippen molar-refractivity contribution in [2.45, 2.75) is 99.4 Å². The van der Waals surface area contributed by atoms with Gasteiger partial charge in [-0.15, -0.1) is 0 Å². The van der Waals surface area contributed by atoms with Crippen molar-refractivity contribution in [1.82, 2.24) is 20.0 Å². The molecule has 0 bridgehead atoms. The summed E-state index contributed by atoms with van der Waals surface area (Å²) in [7, 11) is 0. The van der Waals surface area contributed by atoms with Gasteiger partial charge in [-0.05, 0) is 37.3 Å². The smallest absolute Gasteiger partial charge is 0.243 e. The lowest BCUT2D eigenvalue weighted by Gasteiger charge is -2.29. The van der Waals surface area contributed by atoms with Crippen molar-refractivity contribution < 1.29 is 19.8 Å². The maximum atomic E-state index is 12.9. The number of amides is 2. The number of hydrogen-bond acceptors (Lipinski definition) is 5. The summed E-state index contributed by atoms with van der Waals surface area (Å²) in [5.74, 6) is -0.541. The molecule has 2 rings (SSSR count). The first-order valence-electron chi connectivity index (χ1n) is 12.8. The first-order chi connectivity index (χ1) is 16.2. The number of likely N-dealkylation sites (tertiary alicyclic amines) is 1. The van der Waals surface area contributed by atoms with Crippen LogP contribution in [-0.4, -0.2) is 68.0 Å². The lowest BCUT2D eigenvalue weighted by atomic mass is 9.96. The van der Waals surface area contributed by atoms with E-state index in [1.165, 1.54) is 4.90 Å². The molecule has 0 saturated carbocycles. The van der Waals surface area contributed by atoms with Crippen LogP contribution in [0.3, 0.4) is 0 Å². The molecule has 2 amide bonds. The monoisotopic (exact) mass is 480 g/mol. The van der Waals surface area contributed by atoms with Crippen LogP contribution in [0.4, 0.5) is 0 Å². The minimum atomic E-state index is -0.717. The van der Waals surface area contributed by atoms with Crippen molar-refractivity contribution in [1.29, 1.82) is 0 Å². The van der Waals surface area contributed by atoms with Crippen LogP contribution in [0.1, 0.15) is 80.3 Å². The molecule has 1 fully saturated rings. The molecule has 0 aliphatic carbocycles. The third kappa shape index (κ3) is 8.87. The van der Waals surface area contributed by atoms with Gasteiger partial charge in [0.2, 0.25) is 11.8 Å². The fraction of sp³-hybridized carbons (Fsp3) is 0.731. The lowest BCUT2D eigenvalue weighted by Crippen LogP contribution is -2.51. The Morgan fingerprint density at radius 1 is 1.24 bits per heavy atom. The van der Waals surface area contributed by atoms with Crippen LogP contribution in [-0.2, 0) is 16.1 Å². The zero-order valence-corrected chi connectivity index (χ0v) is 22.5. The molecule has 1 aliphatic heterocycles. The summed E-state index contributed by atoms with van der Waals surface area (Å²) in [6.07, 6.45) is 2.33. The van der Waals surface area contributed by atoms with Crippen molar-refractivity contribution in [2.24, 2.45) is 11.8 Å². The van der Waals surface area contributed by atoms with Gasteiger partial charge in [-0.25, -0.2) is 0 Å². The molecule has 0 radical (unpaired) electrons. The molecule has 2 heterocycles. The van der Waals surface area contributed by atoms with Crippen LogP contribution in [0.25, 0.3) is 5.57 Å². The van der Waals surface area contributed by atoms with Crippen LogP contribution in [0.15, 0.2) is 18.8 Å². The molecule has 0 aromatic carbocycles. The number of rotatable bonds is 10. The van der Waals surface area contributed by atoms with E-state index in [4.69, 9.17) is 0 Å². The molecule has 4 atom stereocenters. The highest BCUT2D eigenvalue weighted by molar-refractivity contribution is 5.89. The van der Waals surface area contributed by atoms with Crippen LogP contribution < -0.4 is 5.32 Å². The van der Waals surface area contributed by atoms with Crippen molar-refractivity contribution >= 4 is 17.4 Å². The maximum Gasteiger partial charge on any atom is 0.243 e. The van der Waals surface area contributed by atoms with Gasteiger partial charge in [0.15, 0.2) is 0 Å².